The molecular weight excluding hydrogens is 378 g/mol. The Morgan fingerprint density at radius 1 is 1.26 bits per heavy atom. The SMILES string of the molecule is Cc1ccc(Nc2nnc(S[C@H](C)C(=O)NC3(C#N)CCCCC3)s2)cc1. The third-order valence-electron chi connectivity index (χ3n) is 4.64. The summed E-state index contributed by atoms with van der Waals surface area (Å²) in [5.41, 5.74) is 1.44. The van der Waals surface area contributed by atoms with E-state index in [2.05, 4.69) is 26.9 Å². The van der Waals surface area contributed by atoms with E-state index in [0.717, 1.165) is 42.1 Å². The van der Waals surface area contributed by atoms with Crippen molar-refractivity contribution in [3.05, 3.63) is 29.8 Å². The summed E-state index contributed by atoms with van der Waals surface area (Å²) in [6.45, 7) is 3.88. The van der Waals surface area contributed by atoms with Crippen LogP contribution in [-0.2, 0) is 4.79 Å². The zero-order valence-corrected chi connectivity index (χ0v) is 17.1. The second kappa shape index (κ2) is 8.72. The van der Waals surface area contributed by atoms with Gasteiger partial charge in [-0.05, 0) is 38.8 Å². The van der Waals surface area contributed by atoms with Crippen molar-refractivity contribution in [1.82, 2.24) is 15.5 Å². The number of nitriles is 1. The largest absolute Gasteiger partial charge is 0.337 e. The van der Waals surface area contributed by atoms with E-state index in [9.17, 15) is 10.1 Å². The van der Waals surface area contributed by atoms with Crippen LogP contribution in [0.15, 0.2) is 28.6 Å². The van der Waals surface area contributed by atoms with Crippen molar-refractivity contribution in [1.29, 1.82) is 5.26 Å². The van der Waals surface area contributed by atoms with Gasteiger partial charge in [0.15, 0.2) is 4.34 Å². The fraction of sp³-hybridized carbons (Fsp3) is 0.474. The number of hydrogen-bond acceptors (Lipinski definition) is 7. The summed E-state index contributed by atoms with van der Waals surface area (Å²) in [4.78, 5) is 12.6. The zero-order chi connectivity index (χ0) is 19.3. The van der Waals surface area contributed by atoms with E-state index in [-0.39, 0.29) is 11.2 Å². The normalized spacial score (nSPS) is 16.9. The van der Waals surface area contributed by atoms with Crippen LogP contribution in [0, 0.1) is 18.3 Å². The number of anilines is 2. The third kappa shape index (κ3) is 5.21. The molecule has 2 aromatic rings. The first-order valence-corrected chi connectivity index (χ1v) is 10.8. The molecule has 0 unspecified atom stereocenters. The molecule has 1 fully saturated rings. The maximum atomic E-state index is 12.6. The molecular formula is C19H23N5OS2. The fourth-order valence-electron chi connectivity index (χ4n) is 3.03. The number of aromatic nitrogens is 2. The molecule has 0 bridgehead atoms. The van der Waals surface area contributed by atoms with Crippen LogP contribution in [0.25, 0.3) is 0 Å². The predicted molar refractivity (Wildman–Crippen MR) is 109 cm³/mol. The average molecular weight is 402 g/mol. The Hall–Kier alpha value is -2.11. The van der Waals surface area contributed by atoms with Crippen LogP contribution in [0.1, 0.15) is 44.6 Å². The predicted octanol–water partition coefficient (Wildman–Crippen LogP) is 4.41. The molecule has 0 saturated heterocycles. The number of carbonyl (C=O) groups excluding carboxylic acids is 1. The van der Waals surface area contributed by atoms with Gasteiger partial charge in [-0.1, -0.05) is 60.1 Å². The summed E-state index contributed by atoms with van der Waals surface area (Å²) < 4.78 is 0.724. The molecule has 1 aliphatic carbocycles. The lowest BCUT2D eigenvalue weighted by Gasteiger charge is -2.32. The molecule has 1 amide bonds. The molecule has 8 heteroatoms. The molecule has 1 heterocycles. The molecule has 142 valence electrons. The van der Waals surface area contributed by atoms with Gasteiger partial charge in [-0.15, -0.1) is 10.2 Å². The van der Waals surface area contributed by atoms with Crippen LogP contribution in [0.2, 0.25) is 0 Å². The van der Waals surface area contributed by atoms with E-state index >= 15 is 0 Å². The van der Waals surface area contributed by atoms with E-state index in [1.165, 1.54) is 28.7 Å². The molecule has 0 spiro atoms. The molecule has 2 N–H and O–H groups in total. The van der Waals surface area contributed by atoms with Crippen molar-refractivity contribution in [3.63, 3.8) is 0 Å². The summed E-state index contributed by atoms with van der Waals surface area (Å²) in [6, 6.07) is 10.4. The first-order chi connectivity index (χ1) is 13.0. The monoisotopic (exact) mass is 401 g/mol. The smallest absolute Gasteiger partial charge is 0.234 e. The highest BCUT2D eigenvalue weighted by atomic mass is 32.2. The average Bonchev–Trinajstić information content (AvgIpc) is 3.11. The number of amides is 1. The van der Waals surface area contributed by atoms with Crippen molar-refractivity contribution in [2.45, 2.75) is 61.1 Å². The van der Waals surface area contributed by atoms with E-state index in [1.54, 1.807) is 0 Å². The summed E-state index contributed by atoms with van der Waals surface area (Å²) in [5.74, 6) is -0.119. The van der Waals surface area contributed by atoms with Crippen molar-refractivity contribution < 1.29 is 4.79 Å². The van der Waals surface area contributed by atoms with Crippen LogP contribution >= 0.6 is 23.1 Å². The van der Waals surface area contributed by atoms with Crippen molar-refractivity contribution in [3.8, 4) is 6.07 Å². The highest BCUT2D eigenvalue weighted by Gasteiger charge is 2.35. The van der Waals surface area contributed by atoms with E-state index in [0.29, 0.717) is 5.13 Å². The van der Waals surface area contributed by atoms with Gasteiger partial charge in [0, 0.05) is 5.69 Å². The zero-order valence-electron chi connectivity index (χ0n) is 15.5. The second-order valence-electron chi connectivity index (χ2n) is 6.87. The second-order valence-corrected chi connectivity index (χ2v) is 9.43. The lowest BCUT2D eigenvalue weighted by atomic mass is 9.83. The highest BCUT2D eigenvalue weighted by molar-refractivity contribution is 8.02. The van der Waals surface area contributed by atoms with E-state index in [4.69, 9.17) is 0 Å². The van der Waals surface area contributed by atoms with Gasteiger partial charge in [0.05, 0.1) is 11.3 Å². The van der Waals surface area contributed by atoms with Gasteiger partial charge in [0.25, 0.3) is 0 Å². The number of carbonyl (C=O) groups is 1. The Balaban J connectivity index is 1.56. The molecule has 1 aliphatic rings. The summed E-state index contributed by atoms with van der Waals surface area (Å²) in [5, 5.41) is 24.4. The van der Waals surface area contributed by atoms with Gasteiger partial charge in [-0.2, -0.15) is 5.26 Å². The van der Waals surface area contributed by atoms with Gasteiger partial charge < -0.3 is 10.6 Å². The summed E-state index contributed by atoms with van der Waals surface area (Å²) in [7, 11) is 0. The van der Waals surface area contributed by atoms with Gasteiger partial charge in [-0.25, -0.2) is 0 Å². The number of nitrogens with one attached hydrogen (secondary N) is 2. The minimum absolute atomic E-state index is 0.119. The lowest BCUT2D eigenvalue weighted by Crippen LogP contribution is -2.50. The molecule has 27 heavy (non-hydrogen) atoms. The van der Waals surface area contributed by atoms with Gasteiger partial charge in [-0.3, -0.25) is 4.79 Å². The van der Waals surface area contributed by atoms with E-state index in [1.807, 2.05) is 38.1 Å². The first kappa shape index (κ1) is 19.6. The van der Waals surface area contributed by atoms with Crippen LogP contribution in [0.5, 0.6) is 0 Å². The third-order valence-corrected chi connectivity index (χ3v) is 6.66. The Labute approximate surface area is 167 Å². The lowest BCUT2D eigenvalue weighted by molar-refractivity contribution is -0.121. The Morgan fingerprint density at radius 3 is 2.63 bits per heavy atom. The molecule has 1 atom stereocenters. The Morgan fingerprint density at radius 2 is 1.96 bits per heavy atom. The van der Waals surface area contributed by atoms with Crippen LogP contribution < -0.4 is 10.6 Å². The maximum Gasteiger partial charge on any atom is 0.234 e. The molecule has 1 aromatic carbocycles. The minimum atomic E-state index is -0.705. The van der Waals surface area contributed by atoms with Crippen molar-refractivity contribution >= 4 is 39.8 Å². The van der Waals surface area contributed by atoms with E-state index < -0.39 is 5.54 Å². The van der Waals surface area contributed by atoms with Crippen LogP contribution in [-0.4, -0.2) is 26.9 Å². The summed E-state index contributed by atoms with van der Waals surface area (Å²) >= 11 is 2.78. The standard InChI is InChI=1S/C19H23N5OS2/c1-13-6-8-15(9-7-13)21-17-23-24-18(27-17)26-14(2)16(25)22-19(12-20)10-4-3-5-11-19/h6-9,14H,3-5,10-11H2,1-2H3,(H,21,23)(H,22,25)/t14-/m1/s1. The Kier molecular flexibility index (Phi) is 6.34. The number of hydrogen-bond donors (Lipinski definition) is 2. The van der Waals surface area contributed by atoms with Crippen molar-refractivity contribution in [2.24, 2.45) is 0 Å². The highest BCUT2D eigenvalue weighted by Crippen LogP contribution is 2.32. The maximum absolute atomic E-state index is 12.6. The van der Waals surface area contributed by atoms with Gasteiger partial charge >= 0.3 is 0 Å². The molecule has 1 aromatic heterocycles. The minimum Gasteiger partial charge on any atom is -0.337 e. The Bertz CT molecular complexity index is 821. The fourth-order valence-corrected chi connectivity index (χ4v) is 4.95. The number of thioether (sulfide) groups is 1. The quantitative estimate of drug-likeness (QED) is 0.697. The van der Waals surface area contributed by atoms with Crippen LogP contribution in [0.4, 0.5) is 10.8 Å². The number of rotatable bonds is 6. The van der Waals surface area contributed by atoms with Crippen LogP contribution in [0.3, 0.4) is 0 Å². The molecule has 0 aliphatic heterocycles. The number of benzene rings is 1. The van der Waals surface area contributed by atoms with Gasteiger partial charge in [0.2, 0.25) is 11.0 Å². The molecule has 1 saturated carbocycles. The number of nitrogens with zero attached hydrogens (tertiary/aromatic N) is 3. The molecule has 0 radical (unpaired) electrons. The molecule has 3 rings (SSSR count). The summed E-state index contributed by atoms with van der Waals surface area (Å²) in [6.07, 6.45) is 4.57. The topological polar surface area (TPSA) is 90.7 Å². The van der Waals surface area contributed by atoms with Crippen molar-refractivity contribution in [2.75, 3.05) is 5.32 Å². The molecule has 6 nitrogen and oxygen atoms in total. The first-order valence-electron chi connectivity index (χ1n) is 9.07. The van der Waals surface area contributed by atoms with Gasteiger partial charge in [0.1, 0.15) is 5.54 Å². The number of aryl methyl sites for hydroxylation is 1.